The maximum Gasteiger partial charge on any atom is 0.247 e. The lowest BCUT2D eigenvalue weighted by Gasteiger charge is -2.05. The van der Waals surface area contributed by atoms with Gasteiger partial charge in [0.15, 0.2) is 0 Å². The largest absolute Gasteiger partial charge is 0.323 e. The molecule has 0 fully saturated rings. The number of hydrogen-bond acceptors (Lipinski definition) is 4. The molecule has 5 heteroatoms. The Balaban J connectivity index is 1.87. The number of benzene rings is 2. The molecule has 0 saturated carbocycles. The summed E-state index contributed by atoms with van der Waals surface area (Å²) in [5, 5.41) is 11.3. The lowest BCUT2D eigenvalue weighted by molar-refractivity contribution is 1.03. The molecule has 2 aromatic carbocycles. The molecule has 0 atom stereocenters. The molecular formula is C14H11ClN4. The van der Waals surface area contributed by atoms with Crippen molar-refractivity contribution in [1.82, 2.24) is 15.2 Å². The highest BCUT2D eigenvalue weighted by Gasteiger charge is 2.01. The number of hydrogen-bond donors (Lipinski definition) is 1. The molecule has 0 unspecified atom stereocenters. The molecule has 3 aromatic rings. The number of aromatic nitrogens is 3. The molecular weight excluding hydrogens is 260 g/mol. The van der Waals surface area contributed by atoms with E-state index in [1.807, 2.05) is 48.5 Å². The van der Waals surface area contributed by atoms with Crippen LogP contribution in [0.25, 0.3) is 11.0 Å². The first-order chi connectivity index (χ1) is 9.35. The maximum absolute atomic E-state index is 5.75. The van der Waals surface area contributed by atoms with Gasteiger partial charge in [0, 0.05) is 11.6 Å². The SMILES string of the molecule is ClCc1ccc(Nc2nnc3ccccc3n2)cc1. The minimum Gasteiger partial charge on any atom is -0.323 e. The van der Waals surface area contributed by atoms with Gasteiger partial charge in [-0.3, -0.25) is 0 Å². The highest BCUT2D eigenvalue weighted by atomic mass is 35.5. The number of fused-ring (bicyclic) bond motifs is 1. The number of rotatable bonds is 3. The summed E-state index contributed by atoms with van der Waals surface area (Å²) < 4.78 is 0. The first kappa shape index (κ1) is 11.9. The van der Waals surface area contributed by atoms with Crippen molar-refractivity contribution in [3.63, 3.8) is 0 Å². The number of halogens is 1. The lowest BCUT2D eigenvalue weighted by Crippen LogP contribution is -1.99. The lowest BCUT2D eigenvalue weighted by atomic mass is 10.2. The van der Waals surface area contributed by atoms with Crippen molar-refractivity contribution >= 4 is 34.3 Å². The second-order valence-electron chi connectivity index (χ2n) is 4.08. The molecule has 1 aromatic heterocycles. The van der Waals surface area contributed by atoms with E-state index in [-0.39, 0.29) is 0 Å². The van der Waals surface area contributed by atoms with E-state index in [9.17, 15) is 0 Å². The predicted molar refractivity (Wildman–Crippen MR) is 76.6 cm³/mol. The molecule has 19 heavy (non-hydrogen) atoms. The van der Waals surface area contributed by atoms with Crippen LogP contribution in [0.15, 0.2) is 48.5 Å². The van der Waals surface area contributed by atoms with E-state index in [1.165, 1.54) is 0 Å². The Morgan fingerprint density at radius 2 is 1.63 bits per heavy atom. The van der Waals surface area contributed by atoms with Gasteiger partial charge >= 0.3 is 0 Å². The zero-order valence-corrected chi connectivity index (χ0v) is 10.8. The summed E-state index contributed by atoms with van der Waals surface area (Å²) in [5.41, 5.74) is 3.58. The van der Waals surface area contributed by atoms with E-state index in [0.29, 0.717) is 11.8 Å². The number of nitrogens with zero attached hydrogens (tertiary/aromatic N) is 3. The van der Waals surface area contributed by atoms with E-state index in [4.69, 9.17) is 11.6 Å². The van der Waals surface area contributed by atoms with Crippen LogP contribution in [-0.4, -0.2) is 15.2 Å². The van der Waals surface area contributed by atoms with Crippen molar-refractivity contribution in [3.8, 4) is 0 Å². The number of para-hydroxylation sites is 1. The van der Waals surface area contributed by atoms with Gasteiger partial charge in [-0.05, 0) is 29.8 Å². The zero-order chi connectivity index (χ0) is 13.1. The first-order valence-corrected chi connectivity index (χ1v) is 6.40. The second-order valence-corrected chi connectivity index (χ2v) is 4.35. The quantitative estimate of drug-likeness (QED) is 0.740. The molecule has 1 heterocycles. The maximum atomic E-state index is 5.75. The highest BCUT2D eigenvalue weighted by molar-refractivity contribution is 6.17. The van der Waals surface area contributed by atoms with Crippen LogP contribution in [0.4, 0.5) is 11.6 Å². The molecule has 1 N–H and O–H groups in total. The Labute approximate surface area is 115 Å². The van der Waals surface area contributed by atoms with Crippen LogP contribution in [0.5, 0.6) is 0 Å². The molecule has 0 amide bonds. The fourth-order valence-corrected chi connectivity index (χ4v) is 1.92. The number of anilines is 2. The Bertz CT molecular complexity index is 697. The van der Waals surface area contributed by atoms with E-state index in [0.717, 1.165) is 22.3 Å². The minimum atomic E-state index is 0.484. The van der Waals surface area contributed by atoms with Gasteiger partial charge in [0.25, 0.3) is 0 Å². The molecule has 0 saturated heterocycles. The van der Waals surface area contributed by atoms with Crippen molar-refractivity contribution in [3.05, 3.63) is 54.1 Å². The van der Waals surface area contributed by atoms with Crippen LogP contribution in [0.3, 0.4) is 0 Å². The van der Waals surface area contributed by atoms with Crippen molar-refractivity contribution < 1.29 is 0 Å². The summed E-state index contributed by atoms with van der Waals surface area (Å²) in [6, 6.07) is 15.4. The summed E-state index contributed by atoms with van der Waals surface area (Å²) in [6.45, 7) is 0. The van der Waals surface area contributed by atoms with Gasteiger partial charge in [0.2, 0.25) is 5.95 Å². The topological polar surface area (TPSA) is 50.7 Å². The van der Waals surface area contributed by atoms with E-state index in [1.54, 1.807) is 0 Å². The van der Waals surface area contributed by atoms with Crippen molar-refractivity contribution in [2.24, 2.45) is 0 Å². The van der Waals surface area contributed by atoms with Gasteiger partial charge in [-0.25, -0.2) is 4.98 Å². The highest BCUT2D eigenvalue weighted by Crippen LogP contribution is 2.16. The average Bonchev–Trinajstić information content (AvgIpc) is 2.48. The van der Waals surface area contributed by atoms with Crippen LogP contribution in [0.2, 0.25) is 0 Å². The zero-order valence-electron chi connectivity index (χ0n) is 10.0. The minimum absolute atomic E-state index is 0.484. The fraction of sp³-hybridized carbons (Fsp3) is 0.0714. The summed E-state index contributed by atoms with van der Waals surface area (Å²) in [5.74, 6) is 0.992. The molecule has 0 aliphatic heterocycles. The third-order valence-corrected chi connectivity index (χ3v) is 3.03. The third-order valence-electron chi connectivity index (χ3n) is 2.72. The monoisotopic (exact) mass is 270 g/mol. The standard InChI is InChI=1S/C14H11ClN4/c15-9-10-5-7-11(8-6-10)16-14-17-12-3-1-2-4-13(12)18-19-14/h1-8H,9H2,(H,16,17,19). The van der Waals surface area contributed by atoms with Gasteiger partial charge in [-0.15, -0.1) is 21.8 Å². The Morgan fingerprint density at radius 1 is 0.895 bits per heavy atom. The Hall–Kier alpha value is -2.20. The van der Waals surface area contributed by atoms with E-state index < -0.39 is 0 Å². The van der Waals surface area contributed by atoms with Crippen LogP contribution < -0.4 is 5.32 Å². The van der Waals surface area contributed by atoms with Gasteiger partial charge in [-0.1, -0.05) is 24.3 Å². The molecule has 0 aliphatic rings. The van der Waals surface area contributed by atoms with Crippen LogP contribution in [0.1, 0.15) is 5.56 Å². The predicted octanol–water partition coefficient (Wildman–Crippen LogP) is 3.51. The normalized spacial score (nSPS) is 10.6. The Morgan fingerprint density at radius 3 is 2.37 bits per heavy atom. The van der Waals surface area contributed by atoms with Gasteiger partial charge in [0.05, 0.1) is 5.52 Å². The molecule has 4 nitrogen and oxygen atoms in total. The van der Waals surface area contributed by atoms with Crippen molar-refractivity contribution in [2.45, 2.75) is 5.88 Å². The summed E-state index contributed by atoms with van der Waals surface area (Å²) in [6.07, 6.45) is 0. The fourth-order valence-electron chi connectivity index (χ4n) is 1.74. The van der Waals surface area contributed by atoms with Crippen LogP contribution in [0, 0.1) is 0 Å². The van der Waals surface area contributed by atoms with Crippen LogP contribution >= 0.6 is 11.6 Å². The van der Waals surface area contributed by atoms with Crippen molar-refractivity contribution in [1.29, 1.82) is 0 Å². The smallest absolute Gasteiger partial charge is 0.247 e. The molecule has 0 aliphatic carbocycles. The van der Waals surface area contributed by atoms with Gasteiger partial charge in [-0.2, -0.15) is 0 Å². The van der Waals surface area contributed by atoms with Gasteiger partial charge < -0.3 is 5.32 Å². The molecule has 0 bridgehead atoms. The molecule has 3 rings (SSSR count). The first-order valence-electron chi connectivity index (χ1n) is 5.86. The van der Waals surface area contributed by atoms with E-state index in [2.05, 4.69) is 20.5 Å². The second kappa shape index (κ2) is 5.20. The van der Waals surface area contributed by atoms with Gasteiger partial charge in [0.1, 0.15) is 5.52 Å². The average molecular weight is 271 g/mol. The summed E-state index contributed by atoms with van der Waals surface area (Å²) in [7, 11) is 0. The van der Waals surface area contributed by atoms with Crippen LogP contribution in [-0.2, 0) is 5.88 Å². The third kappa shape index (κ3) is 2.63. The number of alkyl halides is 1. The summed E-state index contributed by atoms with van der Waals surface area (Å²) in [4.78, 5) is 4.40. The molecule has 0 spiro atoms. The Kier molecular flexibility index (Phi) is 3.25. The summed E-state index contributed by atoms with van der Waals surface area (Å²) >= 11 is 5.75. The molecule has 0 radical (unpaired) electrons. The van der Waals surface area contributed by atoms with Crippen molar-refractivity contribution in [2.75, 3.05) is 5.32 Å². The number of nitrogens with one attached hydrogen (secondary N) is 1. The van der Waals surface area contributed by atoms with E-state index >= 15 is 0 Å². The molecule has 94 valence electrons.